The average Bonchev–Trinajstić information content (AvgIpc) is 2.53. The SMILES string of the molecule is COCCS(=O)(=O)N1CCC(NC(=O)c2cccc(F)c2)CC1. The first kappa shape index (κ1) is 17.8. The van der Waals surface area contributed by atoms with E-state index in [9.17, 15) is 17.6 Å². The van der Waals surface area contributed by atoms with E-state index in [2.05, 4.69) is 5.32 Å². The number of hydrogen-bond donors (Lipinski definition) is 1. The number of rotatable bonds is 6. The van der Waals surface area contributed by atoms with Crippen LogP contribution in [0.5, 0.6) is 0 Å². The molecule has 8 heteroatoms. The molecule has 1 heterocycles. The third kappa shape index (κ3) is 4.98. The number of nitrogens with one attached hydrogen (secondary N) is 1. The lowest BCUT2D eigenvalue weighted by Crippen LogP contribution is -2.47. The number of ether oxygens (including phenoxy) is 1. The maximum absolute atomic E-state index is 13.1. The van der Waals surface area contributed by atoms with Crippen molar-refractivity contribution in [1.29, 1.82) is 0 Å². The Bertz CT molecular complexity index is 643. The predicted octanol–water partition coefficient (Wildman–Crippen LogP) is 0.996. The smallest absolute Gasteiger partial charge is 0.251 e. The number of sulfonamides is 1. The lowest BCUT2D eigenvalue weighted by atomic mass is 10.1. The Hall–Kier alpha value is -1.51. The molecular weight excluding hydrogens is 323 g/mol. The maximum Gasteiger partial charge on any atom is 0.251 e. The highest BCUT2D eigenvalue weighted by Gasteiger charge is 2.28. The van der Waals surface area contributed by atoms with Crippen LogP contribution in [-0.2, 0) is 14.8 Å². The zero-order valence-corrected chi connectivity index (χ0v) is 13.8. The van der Waals surface area contributed by atoms with Crippen LogP contribution in [0, 0.1) is 5.82 Å². The summed E-state index contributed by atoms with van der Waals surface area (Å²) in [5.74, 6) is -0.842. The van der Waals surface area contributed by atoms with Crippen LogP contribution in [0.15, 0.2) is 24.3 Å². The van der Waals surface area contributed by atoms with Crippen molar-refractivity contribution < 1.29 is 22.3 Å². The Morgan fingerprint density at radius 3 is 2.70 bits per heavy atom. The summed E-state index contributed by atoms with van der Waals surface area (Å²) in [7, 11) is -1.85. The Kier molecular flexibility index (Phi) is 6.09. The topological polar surface area (TPSA) is 75.7 Å². The van der Waals surface area contributed by atoms with Gasteiger partial charge in [-0.15, -0.1) is 0 Å². The monoisotopic (exact) mass is 344 g/mol. The largest absolute Gasteiger partial charge is 0.384 e. The predicted molar refractivity (Wildman–Crippen MR) is 84.1 cm³/mol. The van der Waals surface area contributed by atoms with Gasteiger partial charge in [0.1, 0.15) is 5.82 Å². The number of hydrogen-bond acceptors (Lipinski definition) is 4. The van der Waals surface area contributed by atoms with E-state index < -0.39 is 15.8 Å². The summed E-state index contributed by atoms with van der Waals surface area (Å²) in [6, 6.07) is 5.37. The van der Waals surface area contributed by atoms with Crippen LogP contribution < -0.4 is 5.32 Å². The molecule has 0 bridgehead atoms. The molecule has 0 aliphatic carbocycles. The van der Waals surface area contributed by atoms with Crippen molar-refractivity contribution in [2.24, 2.45) is 0 Å². The molecule has 2 rings (SSSR count). The molecule has 1 N–H and O–H groups in total. The molecule has 0 spiro atoms. The summed E-state index contributed by atoms with van der Waals surface area (Å²) in [5.41, 5.74) is 0.264. The number of carbonyl (C=O) groups excluding carboxylic acids is 1. The van der Waals surface area contributed by atoms with Crippen molar-refractivity contribution in [3.63, 3.8) is 0 Å². The zero-order chi connectivity index (χ0) is 16.9. The van der Waals surface area contributed by atoms with Crippen molar-refractivity contribution in [2.75, 3.05) is 32.6 Å². The van der Waals surface area contributed by atoms with Gasteiger partial charge in [-0.3, -0.25) is 4.79 Å². The molecule has 1 aromatic carbocycles. The second-order valence-corrected chi connectivity index (χ2v) is 7.55. The molecule has 0 unspecified atom stereocenters. The normalized spacial score (nSPS) is 17.1. The molecule has 0 aromatic heterocycles. The number of carbonyl (C=O) groups is 1. The van der Waals surface area contributed by atoms with Crippen molar-refractivity contribution in [1.82, 2.24) is 9.62 Å². The number of nitrogens with zero attached hydrogens (tertiary/aromatic N) is 1. The Balaban J connectivity index is 1.86. The van der Waals surface area contributed by atoms with Crippen molar-refractivity contribution in [2.45, 2.75) is 18.9 Å². The first-order chi connectivity index (χ1) is 10.9. The quantitative estimate of drug-likeness (QED) is 0.835. The lowest BCUT2D eigenvalue weighted by molar-refractivity contribution is 0.0923. The first-order valence-electron chi connectivity index (χ1n) is 7.45. The van der Waals surface area contributed by atoms with Crippen molar-refractivity contribution in [3.05, 3.63) is 35.6 Å². The summed E-state index contributed by atoms with van der Waals surface area (Å²) in [6.45, 7) is 0.888. The van der Waals surface area contributed by atoms with Gasteiger partial charge in [0.25, 0.3) is 5.91 Å². The molecule has 1 aliphatic heterocycles. The molecule has 23 heavy (non-hydrogen) atoms. The van der Waals surface area contributed by atoms with Gasteiger partial charge in [0.2, 0.25) is 10.0 Å². The highest BCUT2D eigenvalue weighted by molar-refractivity contribution is 7.89. The third-order valence-electron chi connectivity index (χ3n) is 3.81. The van der Waals surface area contributed by atoms with Crippen LogP contribution in [0.4, 0.5) is 4.39 Å². The Morgan fingerprint density at radius 2 is 2.09 bits per heavy atom. The van der Waals surface area contributed by atoms with E-state index in [1.807, 2.05) is 0 Å². The maximum atomic E-state index is 13.1. The lowest BCUT2D eigenvalue weighted by Gasteiger charge is -2.31. The van der Waals surface area contributed by atoms with E-state index in [0.717, 1.165) is 0 Å². The summed E-state index contributed by atoms with van der Waals surface area (Å²) in [4.78, 5) is 12.1. The number of piperidine rings is 1. The van der Waals surface area contributed by atoms with E-state index in [-0.39, 0.29) is 29.9 Å². The van der Waals surface area contributed by atoms with Gasteiger partial charge in [-0.1, -0.05) is 6.07 Å². The minimum absolute atomic E-state index is 0.0379. The second-order valence-electron chi connectivity index (χ2n) is 5.47. The highest BCUT2D eigenvalue weighted by Crippen LogP contribution is 2.15. The minimum Gasteiger partial charge on any atom is -0.384 e. The highest BCUT2D eigenvalue weighted by atomic mass is 32.2. The zero-order valence-electron chi connectivity index (χ0n) is 13.0. The average molecular weight is 344 g/mol. The fraction of sp³-hybridized carbons (Fsp3) is 0.533. The fourth-order valence-corrected chi connectivity index (χ4v) is 3.90. The van der Waals surface area contributed by atoms with Gasteiger partial charge >= 0.3 is 0 Å². The van der Waals surface area contributed by atoms with Crippen molar-refractivity contribution >= 4 is 15.9 Å². The van der Waals surface area contributed by atoms with E-state index in [4.69, 9.17) is 4.74 Å². The Labute approximate surface area is 135 Å². The van der Waals surface area contributed by atoms with Crippen LogP contribution in [0.3, 0.4) is 0 Å². The summed E-state index contributed by atoms with van der Waals surface area (Å²) < 4.78 is 43.5. The van der Waals surface area contributed by atoms with E-state index >= 15 is 0 Å². The van der Waals surface area contributed by atoms with Crippen LogP contribution in [0.25, 0.3) is 0 Å². The fourth-order valence-electron chi connectivity index (χ4n) is 2.49. The van der Waals surface area contributed by atoms with Gasteiger partial charge in [-0.05, 0) is 31.0 Å². The van der Waals surface area contributed by atoms with E-state index in [1.54, 1.807) is 6.07 Å². The summed E-state index contributed by atoms with van der Waals surface area (Å²) >= 11 is 0. The molecular formula is C15H21FN2O4S. The Morgan fingerprint density at radius 1 is 1.39 bits per heavy atom. The van der Waals surface area contributed by atoms with Gasteiger partial charge in [-0.2, -0.15) is 0 Å². The number of methoxy groups -OCH3 is 1. The molecule has 0 atom stereocenters. The van der Waals surface area contributed by atoms with Gasteiger partial charge in [0.15, 0.2) is 0 Å². The molecule has 1 aromatic rings. The molecule has 1 aliphatic rings. The van der Waals surface area contributed by atoms with Crippen LogP contribution >= 0.6 is 0 Å². The van der Waals surface area contributed by atoms with Crippen LogP contribution in [0.2, 0.25) is 0 Å². The third-order valence-corrected chi connectivity index (χ3v) is 5.65. The van der Waals surface area contributed by atoms with Crippen LogP contribution in [0.1, 0.15) is 23.2 Å². The van der Waals surface area contributed by atoms with E-state index in [1.165, 1.54) is 29.6 Å². The van der Waals surface area contributed by atoms with Crippen LogP contribution in [-0.4, -0.2) is 57.2 Å². The van der Waals surface area contributed by atoms with Crippen molar-refractivity contribution in [3.8, 4) is 0 Å². The molecule has 1 saturated heterocycles. The minimum atomic E-state index is -3.31. The standard InChI is InChI=1S/C15H21FN2O4S/c1-22-9-10-23(20,21)18-7-5-14(6-8-18)17-15(19)12-3-2-4-13(16)11-12/h2-4,11,14H,5-10H2,1H3,(H,17,19). The molecule has 0 saturated carbocycles. The molecule has 1 amide bonds. The van der Waals surface area contributed by atoms with Gasteiger partial charge in [0, 0.05) is 31.8 Å². The number of amides is 1. The van der Waals surface area contributed by atoms with Gasteiger partial charge in [-0.25, -0.2) is 17.1 Å². The molecule has 128 valence electrons. The van der Waals surface area contributed by atoms with Gasteiger partial charge in [0.05, 0.1) is 12.4 Å². The molecule has 1 fully saturated rings. The van der Waals surface area contributed by atoms with E-state index in [0.29, 0.717) is 25.9 Å². The summed E-state index contributed by atoms with van der Waals surface area (Å²) in [6.07, 6.45) is 1.07. The second kappa shape index (κ2) is 7.85. The molecule has 6 nitrogen and oxygen atoms in total. The number of benzene rings is 1. The summed E-state index contributed by atoms with van der Waals surface area (Å²) in [5, 5.41) is 2.83. The van der Waals surface area contributed by atoms with Gasteiger partial charge < -0.3 is 10.1 Å². The number of halogens is 1. The first-order valence-corrected chi connectivity index (χ1v) is 9.06. The molecule has 0 radical (unpaired) electrons.